The average Bonchev–Trinajstić information content (AvgIpc) is 2.51. The third kappa shape index (κ3) is 5.07. The molecular weight excluding hydrogens is 273 g/mol. The Kier molecular flexibility index (Phi) is 6.61. The zero-order valence-corrected chi connectivity index (χ0v) is 11.9. The topological polar surface area (TPSA) is 74.5 Å². The number of nitrogens with zero attached hydrogens (tertiary/aromatic N) is 2. The van der Waals surface area contributed by atoms with E-state index in [4.69, 9.17) is 5.26 Å². The van der Waals surface area contributed by atoms with Gasteiger partial charge in [-0.05, 0) is 24.6 Å². The maximum Gasteiger partial charge on any atom is 0.356 e. The summed E-state index contributed by atoms with van der Waals surface area (Å²) in [5, 5.41) is 11.3. The zero-order chi connectivity index (χ0) is 15.7. The molecule has 0 radical (unpaired) electrons. The molecule has 6 heteroatoms. The summed E-state index contributed by atoms with van der Waals surface area (Å²) in [7, 11) is 1.27. The number of allylic oxidation sites excluding steroid dienone is 1. The highest BCUT2D eigenvalue weighted by Crippen LogP contribution is 2.14. The van der Waals surface area contributed by atoms with Crippen molar-refractivity contribution in [3.8, 4) is 6.07 Å². The van der Waals surface area contributed by atoms with E-state index in [1.807, 2.05) is 13.0 Å². The lowest BCUT2D eigenvalue weighted by Crippen LogP contribution is -2.05. The summed E-state index contributed by atoms with van der Waals surface area (Å²) >= 11 is 0. The van der Waals surface area contributed by atoms with Crippen molar-refractivity contribution in [1.82, 2.24) is 0 Å². The van der Waals surface area contributed by atoms with Crippen LogP contribution in [0.1, 0.15) is 25.3 Å². The number of carbonyl (C=O) groups is 1. The molecule has 0 unspecified atom stereocenters. The van der Waals surface area contributed by atoms with E-state index in [1.54, 1.807) is 6.08 Å². The van der Waals surface area contributed by atoms with Crippen molar-refractivity contribution in [2.24, 2.45) is 4.99 Å². The molecule has 0 bridgehead atoms. The SMILES string of the molecule is CCC/C=C(/N=CNc1ccc(C#N)cc1F)C(=O)OC. The van der Waals surface area contributed by atoms with Gasteiger partial charge in [0.25, 0.3) is 0 Å². The predicted octanol–water partition coefficient (Wildman–Crippen LogP) is 2.99. The summed E-state index contributed by atoms with van der Waals surface area (Å²) in [6.07, 6.45) is 4.42. The molecule has 21 heavy (non-hydrogen) atoms. The fourth-order valence-corrected chi connectivity index (χ4v) is 1.45. The number of aliphatic imine (C=N–C) groups is 1. The second-order valence-corrected chi connectivity index (χ2v) is 4.08. The van der Waals surface area contributed by atoms with Gasteiger partial charge in [0.15, 0.2) is 0 Å². The summed E-state index contributed by atoms with van der Waals surface area (Å²) in [5.74, 6) is -1.13. The third-order valence-electron chi connectivity index (χ3n) is 2.54. The Morgan fingerprint density at radius 1 is 1.57 bits per heavy atom. The number of rotatable bonds is 6. The number of methoxy groups -OCH3 is 1. The first-order valence-corrected chi connectivity index (χ1v) is 6.39. The number of esters is 1. The lowest BCUT2D eigenvalue weighted by Gasteiger charge is -2.03. The number of benzene rings is 1. The van der Waals surface area contributed by atoms with Crippen molar-refractivity contribution in [3.05, 3.63) is 41.4 Å². The van der Waals surface area contributed by atoms with Gasteiger partial charge in [-0.1, -0.05) is 19.4 Å². The van der Waals surface area contributed by atoms with Crippen LogP contribution in [-0.2, 0) is 9.53 Å². The minimum absolute atomic E-state index is 0.154. The highest BCUT2D eigenvalue weighted by atomic mass is 19.1. The molecular formula is C15H16FN3O2. The van der Waals surface area contributed by atoms with Gasteiger partial charge in [-0.25, -0.2) is 14.2 Å². The van der Waals surface area contributed by atoms with E-state index in [9.17, 15) is 9.18 Å². The number of halogens is 1. The van der Waals surface area contributed by atoms with E-state index in [2.05, 4.69) is 15.0 Å². The predicted molar refractivity (Wildman–Crippen MR) is 78.2 cm³/mol. The molecule has 0 aliphatic heterocycles. The number of anilines is 1. The smallest absolute Gasteiger partial charge is 0.356 e. The largest absolute Gasteiger partial charge is 0.464 e. The minimum atomic E-state index is -0.572. The van der Waals surface area contributed by atoms with E-state index >= 15 is 0 Å². The number of hydrogen-bond acceptors (Lipinski definition) is 4. The van der Waals surface area contributed by atoms with Gasteiger partial charge in [-0.2, -0.15) is 5.26 Å². The zero-order valence-electron chi connectivity index (χ0n) is 11.9. The molecule has 0 atom stereocenters. The molecule has 0 heterocycles. The van der Waals surface area contributed by atoms with Crippen molar-refractivity contribution >= 4 is 18.0 Å². The molecule has 0 spiro atoms. The summed E-state index contributed by atoms with van der Waals surface area (Å²) in [6.45, 7) is 1.97. The molecule has 1 N–H and O–H groups in total. The van der Waals surface area contributed by atoms with Gasteiger partial charge < -0.3 is 10.1 Å². The normalized spacial score (nSPS) is 11.2. The maximum absolute atomic E-state index is 13.6. The summed E-state index contributed by atoms with van der Waals surface area (Å²) in [5.41, 5.74) is 0.548. The van der Waals surface area contributed by atoms with Crippen molar-refractivity contribution in [2.75, 3.05) is 12.4 Å². The van der Waals surface area contributed by atoms with Gasteiger partial charge in [0, 0.05) is 0 Å². The molecule has 1 aromatic carbocycles. The van der Waals surface area contributed by atoms with Crippen LogP contribution in [0, 0.1) is 17.1 Å². The van der Waals surface area contributed by atoms with Crippen molar-refractivity contribution in [1.29, 1.82) is 5.26 Å². The molecule has 0 aromatic heterocycles. The standard InChI is InChI=1S/C15H16FN3O2/c1-3-4-5-14(15(20)21-2)19-10-18-13-7-6-11(9-17)8-12(13)16/h5-8,10H,3-4H2,1-2H3,(H,18,19)/b14-5+. The fraction of sp³-hybridized carbons (Fsp3) is 0.267. The second kappa shape index (κ2) is 8.48. The molecule has 0 saturated heterocycles. The molecule has 5 nitrogen and oxygen atoms in total. The number of nitrogens with one attached hydrogen (secondary N) is 1. The van der Waals surface area contributed by atoms with Crippen LogP contribution in [0.2, 0.25) is 0 Å². The highest BCUT2D eigenvalue weighted by molar-refractivity contribution is 5.91. The number of nitriles is 1. The van der Waals surface area contributed by atoms with Crippen LogP contribution in [0.25, 0.3) is 0 Å². The van der Waals surface area contributed by atoms with Crippen LogP contribution < -0.4 is 5.32 Å². The van der Waals surface area contributed by atoms with Gasteiger partial charge in [-0.15, -0.1) is 0 Å². The summed E-state index contributed by atoms with van der Waals surface area (Å²) in [4.78, 5) is 15.4. The van der Waals surface area contributed by atoms with Gasteiger partial charge in [0.05, 0.1) is 30.8 Å². The van der Waals surface area contributed by atoms with Crippen LogP contribution in [0.5, 0.6) is 0 Å². The van der Waals surface area contributed by atoms with E-state index in [1.165, 1.54) is 25.6 Å². The number of hydrogen-bond donors (Lipinski definition) is 1. The van der Waals surface area contributed by atoms with Crippen LogP contribution in [0.4, 0.5) is 10.1 Å². The molecule has 0 fully saturated rings. The van der Waals surface area contributed by atoms with Crippen molar-refractivity contribution in [3.63, 3.8) is 0 Å². The lowest BCUT2D eigenvalue weighted by molar-refractivity contribution is -0.136. The quantitative estimate of drug-likeness (QED) is 0.378. The van der Waals surface area contributed by atoms with E-state index in [0.29, 0.717) is 6.42 Å². The van der Waals surface area contributed by atoms with Crippen LogP contribution in [-0.4, -0.2) is 19.4 Å². The van der Waals surface area contributed by atoms with Crippen molar-refractivity contribution in [2.45, 2.75) is 19.8 Å². The Balaban J connectivity index is 2.80. The summed E-state index contributed by atoms with van der Waals surface area (Å²) < 4.78 is 18.2. The minimum Gasteiger partial charge on any atom is -0.464 e. The lowest BCUT2D eigenvalue weighted by atomic mass is 10.2. The Hall–Kier alpha value is -2.68. The maximum atomic E-state index is 13.6. The van der Waals surface area contributed by atoms with E-state index in [0.717, 1.165) is 12.5 Å². The van der Waals surface area contributed by atoms with Gasteiger partial charge in [0.2, 0.25) is 0 Å². The van der Waals surface area contributed by atoms with Gasteiger partial charge >= 0.3 is 5.97 Å². The molecule has 110 valence electrons. The van der Waals surface area contributed by atoms with Crippen molar-refractivity contribution < 1.29 is 13.9 Å². The highest BCUT2D eigenvalue weighted by Gasteiger charge is 2.07. The first-order valence-electron chi connectivity index (χ1n) is 6.39. The second-order valence-electron chi connectivity index (χ2n) is 4.08. The third-order valence-corrected chi connectivity index (χ3v) is 2.54. The number of unbranched alkanes of at least 4 members (excludes halogenated alkanes) is 1. The first kappa shape index (κ1) is 16.4. The van der Waals surface area contributed by atoms with E-state index in [-0.39, 0.29) is 16.9 Å². The van der Waals surface area contributed by atoms with E-state index < -0.39 is 11.8 Å². The molecule has 0 aliphatic carbocycles. The Bertz CT molecular complexity index is 603. The number of carbonyl (C=O) groups excluding carboxylic acids is 1. The molecule has 1 aromatic rings. The van der Waals surface area contributed by atoms with Gasteiger partial charge in [-0.3, -0.25) is 0 Å². The first-order chi connectivity index (χ1) is 10.1. The van der Waals surface area contributed by atoms with Crippen LogP contribution in [0.15, 0.2) is 35.0 Å². The monoisotopic (exact) mass is 289 g/mol. The van der Waals surface area contributed by atoms with Gasteiger partial charge in [0.1, 0.15) is 11.5 Å². The molecule has 0 saturated carbocycles. The van der Waals surface area contributed by atoms with Crippen LogP contribution in [0.3, 0.4) is 0 Å². The molecule has 0 aliphatic rings. The summed E-state index contributed by atoms with van der Waals surface area (Å²) in [6, 6.07) is 5.86. The van der Waals surface area contributed by atoms with Crippen LogP contribution >= 0.6 is 0 Å². The molecule has 1 rings (SSSR count). The Labute approximate surface area is 122 Å². The Morgan fingerprint density at radius 3 is 2.90 bits per heavy atom. The average molecular weight is 289 g/mol. The Morgan fingerprint density at radius 2 is 2.33 bits per heavy atom. The fourth-order valence-electron chi connectivity index (χ4n) is 1.45. The molecule has 0 amide bonds. The number of ether oxygens (including phenoxy) is 1.